The van der Waals surface area contributed by atoms with Gasteiger partial charge in [0.15, 0.2) is 0 Å². The van der Waals surface area contributed by atoms with Crippen LogP contribution in [-0.2, 0) is 25.3 Å². The fourth-order valence-electron chi connectivity index (χ4n) is 4.41. The summed E-state index contributed by atoms with van der Waals surface area (Å²) in [5, 5.41) is 14.0. The SMILES string of the molecule is CC(CC(=O)[O-])C(=O)OCC1C[C@H](c2ccc3cc(-c4ccccc4C(F)(F)F)[nH]c(=O)c3c2)C(=O)N1.[Na+]. The van der Waals surface area contributed by atoms with Crippen LogP contribution >= 0.6 is 0 Å². The van der Waals surface area contributed by atoms with E-state index in [9.17, 15) is 37.5 Å². The molecule has 1 aromatic heterocycles. The summed E-state index contributed by atoms with van der Waals surface area (Å²) < 4.78 is 45.5. The van der Waals surface area contributed by atoms with Crippen LogP contribution in [0.4, 0.5) is 13.2 Å². The van der Waals surface area contributed by atoms with Crippen LogP contribution in [-0.4, -0.2) is 35.5 Å². The predicted molar refractivity (Wildman–Crippen MR) is 124 cm³/mol. The maximum Gasteiger partial charge on any atom is 1.00 e. The summed E-state index contributed by atoms with van der Waals surface area (Å²) in [6.45, 7) is 1.25. The van der Waals surface area contributed by atoms with Gasteiger partial charge in [-0.1, -0.05) is 37.3 Å². The molecule has 2 aromatic carbocycles. The molecule has 3 aromatic rings. The van der Waals surface area contributed by atoms with Crippen molar-refractivity contribution in [3.8, 4) is 11.3 Å². The summed E-state index contributed by atoms with van der Waals surface area (Å²) in [5.41, 5.74) is -1.08. The van der Waals surface area contributed by atoms with Crippen molar-refractivity contribution in [1.29, 1.82) is 0 Å². The third-order valence-corrected chi connectivity index (χ3v) is 6.28. The van der Waals surface area contributed by atoms with Crippen LogP contribution < -0.4 is 45.5 Å². The van der Waals surface area contributed by atoms with Gasteiger partial charge in [-0.2, -0.15) is 13.2 Å². The van der Waals surface area contributed by atoms with Crippen LogP contribution in [0.2, 0.25) is 0 Å². The molecule has 4 rings (SSSR count). The molecule has 194 valence electrons. The summed E-state index contributed by atoms with van der Waals surface area (Å²) in [6.07, 6.45) is -4.81. The zero-order valence-corrected chi connectivity index (χ0v) is 22.6. The van der Waals surface area contributed by atoms with Gasteiger partial charge in [0.2, 0.25) is 5.91 Å². The Morgan fingerprint density at radius 2 is 1.84 bits per heavy atom. The third-order valence-electron chi connectivity index (χ3n) is 6.28. The summed E-state index contributed by atoms with van der Waals surface area (Å²) in [5.74, 6) is -3.96. The van der Waals surface area contributed by atoms with Crippen LogP contribution in [0.3, 0.4) is 0 Å². The number of alkyl halides is 3. The van der Waals surface area contributed by atoms with Crippen LogP contribution in [0.5, 0.6) is 0 Å². The zero-order chi connectivity index (χ0) is 26.9. The fourth-order valence-corrected chi connectivity index (χ4v) is 4.41. The van der Waals surface area contributed by atoms with Crippen molar-refractivity contribution >= 4 is 28.6 Å². The molecule has 1 aliphatic heterocycles. The number of pyridine rings is 1. The number of esters is 1. The molecule has 1 saturated heterocycles. The Kier molecular flexibility index (Phi) is 9.06. The number of rotatable bonds is 7. The number of aromatic nitrogens is 1. The first kappa shape index (κ1) is 29.4. The molecular formula is C26H22F3N2NaO6. The number of aliphatic carboxylic acids is 1. The number of hydrogen-bond donors (Lipinski definition) is 2. The minimum Gasteiger partial charge on any atom is -0.550 e. The molecule has 0 aliphatic carbocycles. The number of carbonyl (C=O) groups excluding carboxylic acids is 3. The summed E-state index contributed by atoms with van der Waals surface area (Å²) in [4.78, 5) is 50.5. The Hall–Kier alpha value is -3.15. The summed E-state index contributed by atoms with van der Waals surface area (Å²) >= 11 is 0. The van der Waals surface area contributed by atoms with Crippen molar-refractivity contribution < 1.29 is 67.0 Å². The van der Waals surface area contributed by atoms with E-state index in [2.05, 4.69) is 10.3 Å². The number of fused-ring (bicyclic) bond motifs is 1. The quantitative estimate of drug-likeness (QED) is 0.309. The molecule has 0 radical (unpaired) electrons. The van der Waals surface area contributed by atoms with Crippen molar-refractivity contribution in [2.45, 2.75) is 37.9 Å². The van der Waals surface area contributed by atoms with Crippen molar-refractivity contribution in [1.82, 2.24) is 10.3 Å². The number of carbonyl (C=O) groups is 3. The average Bonchev–Trinajstić information content (AvgIpc) is 3.21. The van der Waals surface area contributed by atoms with Crippen molar-refractivity contribution in [3.05, 3.63) is 70.0 Å². The molecule has 8 nitrogen and oxygen atoms in total. The minimum absolute atomic E-state index is 0. The van der Waals surface area contributed by atoms with E-state index in [1.807, 2.05) is 0 Å². The van der Waals surface area contributed by atoms with E-state index in [0.29, 0.717) is 10.9 Å². The Bertz CT molecular complexity index is 1440. The van der Waals surface area contributed by atoms with Gasteiger partial charge in [0.25, 0.3) is 5.56 Å². The second kappa shape index (κ2) is 11.7. The Morgan fingerprint density at radius 3 is 2.53 bits per heavy atom. The largest absolute Gasteiger partial charge is 1.00 e. The summed E-state index contributed by atoms with van der Waals surface area (Å²) in [6, 6.07) is 10.6. The Balaban J connectivity index is 0.00000400. The molecule has 2 heterocycles. The van der Waals surface area contributed by atoms with E-state index in [4.69, 9.17) is 4.74 Å². The number of nitrogens with one attached hydrogen (secondary N) is 2. The first-order valence-electron chi connectivity index (χ1n) is 11.4. The zero-order valence-electron chi connectivity index (χ0n) is 20.6. The first-order valence-corrected chi connectivity index (χ1v) is 11.4. The number of amides is 1. The number of H-pyrrole nitrogens is 1. The number of ether oxygens (including phenoxy) is 1. The Labute approximate surface area is 236 Å². The standard InChI is InChI=1S/C26H23F3N2O6.Na/c1-13(8-22(32)33)25(36)37-12-16-11-19(23(34)30-16)14-6-7-15-10-21(31-24(35)18(15)9-14)17-4-2-3-5-20(17)26(27,28)29;/h2-7,9-10,13,16,19H,8,11-12H2,1H3,(H,30,34)(H,31,35)(H,32,33);/q;+1/p-1/t13?,16?,19-;/m1./s1. The molecular weight excluding hydrogens is 516 g/mol. The van der Waals surface area contributed by atoms with Crippen LogP contribution in [0.25, 0.3) is 22.0 Å². The normalized spacial score (nSPS) is 17.9. The number of carboxylic acids is 1. The van der Waals surface area contributed by atoms with Crippen molar-refractivity contribution in [2.24, 2.45) is 5.92 Å². The summed E-state index contributed by atoms with van der Waals surface area (Å²) in [7, 11) is 0. The molecule has 1 fully saturated rings. The van der Waals surface area contributed by atoms with Gasteiger partial charge in [-0.15, -0.1) is 0 Å². The van der Waals surface area contributed by atoms with E-state index < -0.39 is 53.5 Å². The van der Waals surface area contributed by atoms with Gasteiger partial charge in [-0.25, -0.2) is 0 Å². The van der Waals surface area contributed by atoms with E-state index in [-0.39, 0.29) is 65.1 Å². The molecule has 1 aliphatic rings. The molecule has 2 unspecified atom stereocenters. The van der Waals surface area contributed by atoms with Crippen LogP contribution in [0, 0.1) is 5.92 Å². The smallest absolute Gasteiger partial charge is 0.550 e. The maximum atomic E-state index is 13.4. The molecule has 12 heteroatoms. The third kappa shape index (κ3) is 6.46. The fraction of sp³-hybridized carbons (Fsp3) is 0.308. The molecule has 0 spiro atoms. The van der Waals surface area contributed by atoms with Gasteiger partial charge < -0.3 is 24.9 Å². The van der Waals surface area contributed by atoms with E-state index in [1.54, 1.807) is 12.1 Å². The number of halogens is 3. The van der Waals surface area contributed by atoms with Crippen molar-refractivity contribution in [2.75, 3.05) is 6.61 Å². The van der Waals surface area contributed by atoms with Gasteiger partial charge in [0.1, 0.15) is 6.61 Å². The van der Waals surface area contributed by atoms with E-state index >= 15 is 0 Å². The average molecular weight is 538 g/mol. The van der Waals surface area contributed by atoms with Crippen molar-refractivity contribution in [3.63, 3.8) is 0 Å². The van der Waals surface area contributed by atoms with Gasteiger partial charge in [0, 0.05) is 22.6 Å². The topological polar surface area (TPSA) is 128 Å². The van der Waals surface area contributed by atoms with Gasteiger partial charge >= 0.3 is 41.7 Å². The number of aromatic amines is 1. The van der Waals surface area contributed by atoms with Gasteiger partial charge in [0.05, 0.1) is 23.4 Å². The molecule has 1 amide bonds. The van der Waals surface area contributed by atoms with E-state index in [0.717, 1.165) is 6.07 Å². The van der Waals surface area contributed by atoms with Crippen LogP contribution in [0.1, 0.15) is 36.8 Å². The Morgan fingerprint density at radius 1 is 1.13 bits per heavy atom. The number of hydrogen-bond acceptors (Lipinski definition) is 6. The molecule has 2 N–H and O–H groups in total. The maximum absolute atomic E-state index is 13.4. The molecule has 0 saturated carbocycles. The van der Waals surface area contributed by atoms with E-state index in [1.165, 1.54) is 37.3 Å². The minimum atomic E-state index is -4.60. The van der Waals surface area contributed by atoms with Gasteiger partial charge in [-0.3, -0.25) is 14.4 Å². The first-order chi connectivity index (χ1) is 17.4. The van der Waals surface area contributed by atoms with Gasteiger partial charge in [-0.05, 0) is 42.0 Å². The molecule has 0 bridgehead atoms. The second-order valence-electron chi connectivity index (χ2n) is 9.00. The molecule has 3 atom stereocenters. The predicted octanol–water partition coefficient (Wildman–Crippen LogP) is -0.491. The second-order valence-corrected chi connectivity index (χ2v) is 9.00. The number of carboxylic acid groups (broad SMARTS) is 1. The van der Waals surface area contributed by atoms with Crippen LogP contribution in [0.15, 0.2) is 53.3 Å². The monoisotopic (exact) mass is 538 g/mol. The molecule has 38 heavy (non-hydrogen) atoms. The number of benzene rings is 2.